The highest BCUT2D eigenvalue weighted by Crippen LogP contribution is 2.32. The van der Waals surface area contributed by atoms with Crippen molar-refractivity contribution in [1.29, 1.82) is 0 Å². The molecule has 25 heavy (non-hydrogen) atoms. The third kappa shape index (κ3) is 6.58. The Kier molecular flexibility index (Phi) is 6.71. The maximum atomic E-state index is 13.1. The van der Waals surface area contributed by atoms with Gasteiger partial charge in [0.1, 0.15) is 0 Å². The number of nitrogens with one attached hydrogen (secondary N) is 1. The third-order valence-corrected chi connectivity index (χ3v) is 4.95. The normalized spacial score (nSPS) is 11.4. The molecule has 134 valence electrons. The smallest absolute Gasteiger partial charge is 0.324 e. The van der Waals surface area contributed by atoms with Crippen molar-refractivity contribution in [3.63, 3.8) is 0 Å². The molecule has 0 spiro atoms. The number of carbonyl (C=O) groups is 1. The summed E-state index contributed by atoms with van der Waals surface area (Å²) in [6.07, 6.45) is -4.32. The number of halogens is 5. The average Bonchev–Trinajstić information content (AvgIpc) is 2.54. The first kappa shape index (κ1) is 19.6. The first-order chi connectivity index (χ1) is 11.7. The number of alkyl halides is 3. The van der Waals surface area contributed by atoms with Gasteiger partial charge in [0, 0.05) is 9.79 Å². The van der Waals surface area contributed by atoms with Gasteiger partial charge in [0.15, 0.2) is 11.6 Å². The highest BCUT2D eigenvalue weighted by molar-refractivity contribution is 8.00. The molecule has 2 aromatic carbocycles. The number of benzene rings is 2. The minimum absolute atomic E-state index is 0.0939. The Bertz CT molecular complexity index is 752. The summed E-state index contributed by atoms with van der Waals surface area (Å²) in [5.74, 6) is -3.62. The number of anilines is 1. The van der Waals surface area contributed by atoms with Crippen LogP contribution in [0.25, 0.3) is 0 Å². The van der Waals surface area contributed by atoms with E-state index in [0.29, 0.717) is 21.6 Å². The van der Waals surface area contributed by atoms with Crippen molar-refractivity contribution < 1.29 is 26.7 Å². The van der Waals surface area contributed by atoms with Crippen LogP contribution >= 0.6 is 23.5 Å². The summed E-state index contributed by atoms with van der Waals surface area (Å²) in [4.78, 5) is 12.6. The number of thioether (sulfide) groups is 2. The van der Waals surface area contributed by atoms with Crippen molar-refractivity contribution in [3.05, 3.63) is 54.1 Å². The fourth-order valence-electron chi connectivity index (χ4n) is 1.76. The van der Waals surface area contributed by atoms with Gasteiger partial charge in [-0.25, -0.2) is 8.78 Å². The van der Waals surface area contributed by atoms with E-state index in [9.17, 15) is 26.7 Å². The van der Waals surface area contributed by atoms with Crippen molar-refractivity contribution in [2.45, 2.75) is 16.0 Å². The molecule has 0 aliphatic carbocycles. The highest BCUT2D eigenvalue weighted by atomic mass is 32.2. The summed E-state index contributed by atoms with van der Waals surface area (Å²) in [5.41, 5.74) is 0.271. The summed E-state index contributed by atoms with van der Waals surface area (Å²) < 4.78 is 62.9. The predicted molar refractivity (Wildman–Crippen MR) is 88.9 cm³/mol. The summed E-state index contributed by atoms with van der Waals surface area (Å²) in [6.45, 7) is 0. The molecule has 0 aromatic heterocycles. The van der Waals surface area contributed by atoms with E-state index in [0.717, 1.165) is 23.9 Å². The molecule has 2 aromatic rings. The van der Waals surface area contributed by atoms with Crippen LogP contribution in [0.3, 0.4) is 0 Å². The van der Waals surface area contributed by atoms with Crippen molar-refractivity contribution in [2.75, 3.05) is 16.8 Å². The van der Waals surface area contributed by atoms with Gasteiger partial charge in [-0.3, -0.25) is 4.79 Å². The molecule has 1 amide bonds. The SMILES string of the molecule is O=C(CSc1ccc(F)c(F)c1)Nc1ccccc1SCC(F)(F)F. The van der Waals surface area contributed by atoms with E-state index in [1.54, 1.807) is 12.1 Å². The summed E-state index contributed by atoms with van der Waals surface area (Å²) in [6, 6.07) is 9.41. The van der Waals surface area contributed by atoms with Crippen LogP contribution < -0.4 is 5.32 Å². The van der Waals surface area contributed by atoms with Crippen LogP contribution in [0, 0.1) is 11.6 Å². The summed E-state index contributed by atoms with van der Waals surface area (Å²) in [5, 5.41) is 2.53. The monoisotopic (exact) mass is 393 g/mol. The number of hydrogen-bond acceptors (Lipinski definition) is 3. The molecule has 2 nitrogen and oxygen atoms in total. The standard InChI is InChI=1S/C16H12F5NOS2/c17-11-6-5-10(7-12(11)18)24-8-15(23)22-13-3-1-2-4-14(13)25-9-16(19,20)21/h1-7H,8-9H2,(H,22,23). The third-order valence-electron chi connectivity index (χ3n) is 2.81. The van der Waals surface area contributed by atoms with Crippen LogP contribution in [0.5, 0.6) is 0 Å². The molecule has 0 fully saturated rings. The highest BCUT2D eigenvalue weighted by Gasteiger charge is 2.27. The van der Waals surface area contributed by atoms with Gasteiger partial charge < -0.3 is 5.32 Å². The van der Waals surface area contributed by atoms with Gasteiger partial charge in [-0.1, -0.05) is 12.1 Å². The van der Waals surface area contributed by atoms with Crippen LogP contribution in [0.4, 0.5) is 27.6 Å². The van der Waals surface area contributed by atoms with E-state index >= 15 is 0 Å². The molecule has 0 bridgehead atoms. The molecule has 0 saturated carbocycles. The number of carbonyl (C=O) groups excluding carboxylic acids is 1. The second-order valence-electron chi connectivity index (χ2n) is 4.81. The number of amides is 1. The van der Waals surface area contributed by atoms with Gasteiger partial charge in [0.25, 0.3) is 0 Å². The molecule has 0 aliphatic rings. The Morgan fingerprint density at radius 2 is 1.72 bits per heavy atom. The Morgan fingerprint density at radius 3 is 2.40 bits per heavy atom. The molecule has 2 rings (SSSR count). The number of para-hydroxylation sites is 1. The van der Waals surface area contributed by atoms with Crippen LogP contribution in [0.2, 0.25) is 0 Å². The lowest BCUT2D eigenvalue weighted by molar-refractivity contribution is -0.113. The van der Waals surface area contributed by atoms with Gasteiger partial charge in [0.2, 0.25) is 5.91 Å². The molecule has 0 atom stereocenters. The van der Waals surface area contributed by atoms with Crippen molar-refractivity contribution in [2.24, 2.45) is 0 Å². The molecule has 0 unspecified atom stereocenters. The van der Waals surface area contributed by atoms with Crippen LogP contribution in [0.15, 0.2) is 52.3 Å². The maximum absolute atomic E-state index is 13.1. The second-order valence-corrected chi connectivity index (χ2v) is 6.88. The van der Waals surface area contributed by atoms with Crippen molar-refractivity contribution in [1.82, 2.24) is 0 Å². The molecule has 0 saturated heterocycles. The zero-order valence-electron chi connectivity index (χ0n) is 12.6. The van der Waals surface area contributed by atoms with E-state index < -0.39 is 29.5 Å². The largest absolute Gasteiger partial charge is 0.398 e. The average molecular weight is 393 g/mol. The Labute approximate surface area is 149 Å². The molecule has 0 aliphatic heterocycles. The first-order valence-corrected chi connectivity index (χ1v) is 8.88. The zero-order chi connectivity index (χ0) is 18.4. The zero-order valence-corrected chi connectivity index (χ0v) is 14.2. The summed E-state index contributed by atoms with van der Waals surface area (Å²) >= 11 is 1.56. The van der Waals surface area contributed by atoms with E-state index in [1.807, 2.05) is 0 Å². The quantitative estimate of drug-likeness (QED) is 0.530. The van der Waals surface area contributed by atoms with Crippen LogP contribution in [-0.4, -0.2) is 23.6 Å². The Morgan fingerprint density at radius 1 is 1.00 bits per heavy atom. The van der Waals surface area contributed by atoms with Crippen LogP contribution in [-0.2, 0) is 4.79 Å². The van der Waals surface area contributed by atoms with Gasteiger partial charge in [-0.15, -0.1) is 23.5 Å². The topological polar surface area (TPSA) is 29.1 Å². The maximum Gasteiger partial charge on any atom is 0.398 e. The lowest BCUT2D eigenvalue weighted by Gasteiger charge is -2.12. The Balaban J connectivity index is 1.95. The van der Waals surface area contributed by atoms with Crippen molar-refractivity contribution >= 4 is 35.1 Å². The first-order valence-electron chi connectivity index (χ1n) is 6.91. The molecule has 9 heteroatoms. The minimum atomic E-state index is -4.32. The fraction of sp³-hybridized carbons (Fsp3) is 0.188. The van der Waals surface area contributed by atoms with Crippen LogP contribution in [0.1, 0.15) is 0 Å². The molecule has 0 radical (unpaired) electrons. The molecule has 0 heterocycles. The molecular formula is C16H12F5NOS2. The van der Waals surface area contributed by atoms with E-state index in [1.165, 1.54) is 18.2 Å². The lowest BCUT2D eigenvalue weighted by atomic mass is 10.3. The number of rotatable bonds is 6. The fourth-order valence-corrected chi connectivity index (χ4v) is 3.25. The molecule has 1 N–H and O–H groups in total. The van der Waals surface area contributed by atoms with Gasteiger partial charge in [-0.2, -0.15) is 13.2 Å². The Hall–Kier alpha value is -1.74. The van der Waals surface area contributed by atoms with Gasteiger partial charge >= 0.3 is 6.18 Å². The second kappa shape index (κ2) is 8.57. The van der Waals surface area contributed by atoms with E-state index in [-0.39, 0.29) is 11.4 Å². The molecular weight excluding hydrogens is 381 g/mol. The van der Waals surface area contributed by atoms with Gasteiger partial charge in [-0.05, 0) is 30.3 Å². The van der Waals surface area contributed by atoms with E-state index in [2.05, 4.69) is 5.32 Å². The van der Waals surface area contributed by atoms with Gasteiger partial charge in [0.05, 0.1) is 17.2 Å². The minimum Gasteiger partial charge on any atom is -0.324 e. The predicted octanol–water partition coefficient (Wildman–Crippen LogP) is 5.35. The number of hydrogen-bond donors (Lipinski definition) is 1. The lowest BCUT2D eigenvalue weighted by Crippen LogP contribution is -2.15. The van der Waals surface area contributed by atoms with E-state index in [4.69, 9.17) is 0 Å². The van der Waals surface area contributed by atoms with Crippen molar-refractivity contribution in [3.8, 4) is 0 Å². The summed E-state index contributed by atoms with van der Waals surface area (Å²) in [7, 11) is 0.